The van der Waals surface area contributed by atoms with Gasteiger partial charge >= 0.3 is 0 Å². The molecule has 1 amide bonds. The number of amides is 1. The van der Waals surface area contributed by atoms with Crippen LogP contribution < -0.4 is 0 Å². The number of likely N-dealkylation sites (tertiary alicyclic amines) is 1. The molecule has 1 aliphatic rings. The summed E-state index contributed by atoms with van der Waals surface area (Å²) in [5.41, 5.74) is 4.26. The number of carbonyl (C=O) groups is 1. The van der Waals surface area contributed by atoms with E-state index in [0.717, 1.165) is 36.2 Å². The molecule has 0 aliphatic carbocycles. The lowest BCUT2D eigenvalue weighted by atomic mass is 10.2. The van der Waals surface area contributed by atoms with E-state index in [1.54, 1.807) is 0 Å². The molecule has 1 atom stereocenters. The second-order valence-electron chi connectivity index (χ2n) is 6.83. The third-order valence-electron chi connectivity index (χ3n) is 5.00. The zero-order valence-corrected chi connectivity index (χ0v) is 14.7. The van der Waals surface area contributed by atoms with Gasteiger partial charge in [-0.2, -0.15) is 5.10 Å². The quantitative estimate of drug-likeness (QED) is 0.735. The van der Waals surface area contributed by atoms with Gasteiger partial charge < -0.3 is 9.47 Å². The van der Waals surface area contributed by atoms with Gasteiger partial charge in [0.05, 0.1) is 29.1 Å². The molecule has 2 aromatic heterocycles. The highest BCUT2D eigenvalue weighted by Crippen LogP contribution is 2.23. The van der Waals surface area contributed by atoms with E-state index in [1.807, 2.05) is 42.4 Å². The number of hydrogen-bond donors (Lipinski definition) is 0. The Balaban J connectivity index is 1.38. The molecule has 0 saturated carbocycles. The normalized spacial score (nSPS) is 17.5. The first-order valence-corrected chi connectivity index (χ1v) is 8.82. The summed E-state index contributed by atoms with van der Waals surface area (Å²) in [4.78, 5) is 19.0. The van der Waals surface area contributed by atoms with Crippen molar-refractivity contribution in [3.05, 3.63) is 48.0 Å². The Morgan fingerprint density at radius 2 is 2.12 bits per heavy atom. The van der Waals surface area contributed by atoms with E-state index in [-0.39, 0.29) is 5.91 Å². The van der Waals surface area contributed by atoms with E-state index in [2.05, 4.69) is 32.3 Å². The summed E-state index contributed by atoms with van der Waals surface area (Å²) in [7, 11) is 0. The zero-order valence-electron chi connectivity index (χ0n) is 14.7. The van der Waals surface area contributed by atoms with Gasteiger partial charge in [0.2, 0.25) is 5.91 Å². The van der Waals surface area contributed by atoms with Gasteiger partial charge in [-0.05, 0) is 38.5 Å². The molecule has 6 heteroatoms. The number of nitrogens with zero attached hydrogens (tertiary/aromatic N) is 5. The first kappa shape index (κ1) is 15.9. The van der Waals surface area contributed by atoms with Gasteiger partial charge in [-0.3, -0.25) is 9.48 Å². The van der Waals surface area contributed by atoms with Gasteiger partial charge in [0.1, 0.15) is 0 Å². The van der Waals surface area contributed by atoms with Crippen LogP contribution in [0.25, 0.3) is 11.0 Å². The molecule has 0 spiro atoms. The molecule has 3 aromatic rings. The summed E-state index contributed by atoms with van der Waals surface area (Å²) < 4.78 is 4.13. The first-order chi connectivity index (χ1) is 12.1. The number of benzene rings is 1. The summed E-state index contributed by atoms with van der Waals surface area (Å²) in [6, 6.07) is 10.4. The molecule has 1 aromatic carbocycles. The Hall–Kier alpha value is -2.63. The van der Waals surface area contributed by atoms with Crippen molar-refractivity contribution in [2.45, 2.75) is 39.3 Å². The van der Waals surface area contributed by atoms with E-state index < -0.39 is 0 Å². The van der Waals surface area contributed by atoms with Crippen molar-refractivity contribution in [1.29, 1.82) is 0 Å². The highest BCUT2D eigenvalue weighted by molar-refractivity contribution is 5.77. The topological polar surface area (TPSA) is 56.0 Å². The summed E-state index contributed by atoms with van der Waals surface area (Å²) in [5, 5.41) is 4.57. The number of rotatable bonds is 4. The van der Waals surface area contributed by atoms with Crippen LogP contribution in [0.1, 0.15) is 30.3 Å². The Morgan fingerprint density at radius 3 is 2.92 bits per heavy atom. The zero-order chi connectivity index (χ0) is 17.4. The number of para-hydroxylation sites is 2. The standard InChI is InChI=1S/C19H23N5O/c1-14-11-15(2)24(21-14)16-7-9-22(12-16)19(25)8-10-23-13-20-17-5-3-4-6-18(17)23/h3-6,11,13,16H,7-10,12H2,1-2H3. The van der Waals surface area contributed by atoms with E-state index in [1.165, 1.54) is 5.69 Å². The second-order valence-corrected chi connectivity index (χ2v) is 6.83. The maximum absolute atomic E-state index is 12.6. The van der Waals surface area contributed by atoms with Crippen molar-refractivity contribution < 1.29 is 4.79 Å². The van der Waals surface area contributed by atoms with Gasteiger partial charge in [-0.15, -0.1) is 0 Å². The van der Waals surface area contributed by atoms with Crippen LogP contribution in [0.2, 0.25) is 0 Å². The van der Waals surface area contributed by atoms with Crippen LogP contribution in [-0.4, -0.2) is 43.2 Å². The average molecular weight is 337 g/mol. The number of carbonyl (C=O) groups excluding carboxylic acids is 1. The lowest BCUT2D eigenvalue weighted by Crippen LogP contribution is -2.30. The maximum atomic E-state index is 12.6. The Bertz CT molecular complexity index is 910. The van der Waals surface area contributed by atoms with Crippen LogP contribution >= 0.6 is 0 Å². The van der Waals surface area contributed by atoms with Crippen LogP contribution in [0, 0.1) is 13.8 Å². The lowest BCUT2D eigenvalue weighted by Gasteiger charge is -2.17. The van der Waals surface area contributed by atoms with E-state index in [0.29, 0.717) is 19.0 Å². The van der Waals surface area contributed by atoms with Crippen LogP contribution in [0.3, 0.4) is 0 Å². The third kappa shape index (κ3) is 3.04. The Morgan fingerprint density at radius 1 is 1.28 bits per heavy atom. The Kier molecular flexibility index (Phi) is 4.03. The monoisotopic (exact) mass is 337 g/mol. The molecule has 25 heavy (non-hydrogen) atoms. The molecule has 0 N–H and O–H groups in total. The van der Waals surface area contributed by atoms with Gasteiger partial charge in [0.15, 0.2) is 0 Å². The number of aromatic nitrogens is 4. The summed E-state index contributed by atoms with van der Waals surface area (Å²) >= 11 is 0. The summed E-state index contributed by atoms with van der Waals surface area (Å²) in [5.74, 6) is 0.210. The van der Waals surface area contributed by atoms with Crippen molar-refractivity contribution in [3.63, 3.8) is 0 Å². The predicted octanol–water partition coefficient (Wildman–Crippen LogP) is 2.71. The van der Waals surface area contributed by atoms with E-state index in [4.69, 9.17) is 0 Å². The average Bonchev–Trinajstić information content (AvgIpc) is 3.31. The molecule has 4 rings (SSSR count). The highest BCUT2D eigenvalue weighted by Gasteiger charge is 2.28. The molecule has 1 aliphatic heterocycles. The van der Waals surface area contributed by atoms with Gasteiger partial charge in [-0.1, -0.05) is 12.1 Å². The molecule has 0 radical (unpaired) electrons. The van der Waals surface area contributed by atoms with Crippen LogP contribution in [0.15, 0.2) is 36.7 Å². The molecule has 1 saturated heterocycles. The molecule has 0 bridgehead atoms. The SMILES string of the molecule is Cc1cc(C)n(C2CCN(C(=O)CCn3cnc4ccccc43)C2)n1. The first-order valence-electron chi connectivity index (χ1n) is 8.82. The molecular formula is C19H23N5O. The minimum absolute atomic E-state index is 0.210. The number of fused-ring (bicyclic) bond motifs is 1. The van der Waals surface area contributed by atoms with Gasteiger partial charge in [0.25, 0.3) is 0 Å². The van der Waals surface area contributed by atoms with Crippen molar-refractivity contribution in [3.8, 4) is 0 Å². The van der Waals surface area contributed by atoms with Crippen molar-refractivity contribution in [2.24, 2.45) is 0 Å². The van der Waals surface area contributed by atoms with E-state index in [9.17, 15) is 4.79 Å². The van der Waals surface area contributed by atoms with E-state index >= 15 is 0 Å². The molecule has 130 valence electrons. The fourth-order valence-electron chi connectivity index (χ4n) is 3.75. The fourth-order valence-corrected chi connectivity index (χ4v) is 3.75. The number of imidazole rings is 1. The fraction of sp³-hybridized carbons (Fsp3) is 0.421. The molecular weight excluding hydrogens is 314 g/mol. The largest absolute Gasteiger partial charge is 0.340 e. The van der Waals surface area contributed by atoms with Crippen molar-refractivity contribution in [2.75, 3.05) is 13.1 Å². The smallest absolute Gasteiger partial charge is 0.224 e. The van der Waals surface area contributed by atoms with Crippen LogP contribution in [-0.2, 0) is 11.3 Å². The summed E-state index contributed by atoms with van der Waals surface area (Å²) in [6.07, 6.45) is 3.30. The minimum atomic E-state index is 0.210. The van der Waals surface area contributed by atoms with Crippen molar-refractivity contribution >= 4 is 16.9 Å². The maximum Gasteiger partial charge on any atom is 0.224 e. The van der Waals surface area contributed by atoms with Gasteiger partial charge in [0, 0.05) is 31.7 Å². The number of aryl methyl sites for hydroxylation is 3. The third-order valence-corrected chi connectivity index (χ3v) is 5.00. The second kappa shape index (κ2) is 6.35. The summed E-state index contributed by atoms with van der Waals surface area (Å²) in [6.45, 7) is 6.32. The van der Waals surface area contributed by atoms with Crippen molar-refractivity contribution in [1.82, 2.24) is 24.2 Å². The number of hydrogen-bond acceptors (Lipinski definition) is 3. The molecule has 3 heterocycles. The molecule has 1 unspecified atom stereocenters. The minimum Gasteiger partial charge on any atom is -0.340 e. The highest BCUT2D eigenvalue weighted by atomic mass is 16.2. The van der Waals surface area contributed by atoms with Crippen LogP contribution in [0.4, 0.5) is 0 Å². The lowest BCUT2D eigenvalue weighted by molar-refractivity contribution is -0.130. The Labute approximate surface area is 147 Å². The predicted molar refractivity (Wildman–Crippen MR) is 96.3 cm³/mol. The molecule has 6 nitrogen and oxygen atoms in total. The molecule has 1 fully saturated rings. The van der Waals surface area contributed by atoms with Crippen LogP contribution in [0.5, 0.6) is 0 Å². The van der Waals surface area contributed by atoms with Gasteiger partial charge in [-0.25, -0.2) is 4.98 Å².